The van der Waals surface area contributed by atoms with E-state index in [1.165, 1.54) is 37.7 Å². The third-order valence-electron chi connectivity index (χ3n) is 10.7. The smallest absolute Gasteiger partial charge is 0.306 e. The molecule has 4 nitrogen and oxygen atoms in total. The summed E-state index contributed by atoms with van der Waals surface area (Å²) >= 11 is 0. The number of carboxylic acids is 1. The van der Waals surface area contributed by atoms with Crippen LogP contribution in [0.25, 0.3) is 0 Å². The standard InChI is InChI=1S/C28H44O4/c1-18(6-5-7-19(2)29)22-10-11-23-21-9-8-20-16-28(32,17-25(30)31)15-14-26(20,3)24(21)12-13-27(22,23)4/h8,18,21-24,32H,5-7,9-17H2,1-4H3,(H,30,31)/t18-,21+,22-,23+,24+,26+,27-,28?/m1/s1. The lowest BCUT2D eigenvalue weighted by atomic mass is 9.46. The predicted octanol–water partition coefficient (Wildman–Crippen LogP) is 6.17. The van der Waals surface area contributed by atoms with Gasteiger partial charge < -0.3 is 15.0 Å². The van der Waals surface area contributed by atoms with Crippen molar-refractivity contribution >= 4 is 11.8 Å². The number of aliphatic carboxylic acids is 1. The van der Waals surface area contributed by atoms with Gasteiger partial charge in [-0.2, -0.15) is 0 Å². The zero-order valence-electron chi connectivity index (χ0n) is 20.7. The Morgan fingerprint density at radius 3 is 2.56 bits per heavy atom. The Kier molecular flexibility index (Phi) is 6.42. The zero-order valence-corrected chi connectivity index (χ0v) is 20.7. The SMILES string of the molecule is CC(=O)CCC[C@@H](C)[C@H]1CC[C@H]2[C@@H]3CC=C4CC(O)(CC(=O)O)CC[C@]4(C)[C@H]3CC[C@]12C. The zero-order chi connectivity index (χ0) is 23.3. The van der Waals surface area contributed by atoms with E-state index in [2.05, 4.69) is 26.8 Å². The van der Waals surface area contributed by atoms with Crippen LogP contribution in [0.1, 0.15) is 105 Å². The molecule has 0 spiro atoms. The third-order valence-corrected chi connectivity index (χ3v) is 10.7. The van der Waals surface area contributed by atoms with Crippen LogP contribution in [0, 0.1) is 40.4 Å². The van der Waals surface area contributed by atoms with E-state index in [4.69, 9.17) is 0 Å². The second-order valence-corrected chi connectivity index (χ2v) is 12.5. The molecule has 4 aliphatic rings. The Morgan fingerprint density at radius 1 is 1.12 bits per heavy atom. The predicted molar refractivity (Wildman–Crippen MR) is 126 cm³/mol. The maximum Gasteiger partial charge on any atom is 0.306 e. The second-order valence-electron chi connectivity index (χ2n) is 12.5. The quantitative estimate of drug-likeness (QED) is 0.461. The van der Waals surface area contributed by atoms with Gasteiger partial charge in [0, 0.05) is 6.42 Å². The molecule has 4 aliphatic carbocycles. The number of hydrogen-bond donors (Lipinski definition) is 2. The summed E-state index contributed by atoms with van der Waals surface area (Å²) in [5, 5.41) is 20.2. The molecule has 3 fully saturated rings. The van der Waals surface area contributed by atoms with Gasteiger partial charge in [-0.1, -0.05) is 38.8 Å². The van der Waals surface area contributed by atoms with E-state index in [-0.39, 0.29) is 11.8 Å². The summed E-state index contributed by atoms with van der Waals surface area (Å²) in [5.41, 5.74) is 0.808. The minimum absolute atomic E-state index is 0.125. The summed E-state index contributed by atoms with van der Waals surface area (Å²) in [7, 11) is 0. The lowest BCUT2D eigenvalue weighted by molar-refractivity contribution is -0.145. The van der Waals surface area contributed by atoms with Crippen molar-refractivity contribution < 1.29 is 19.8 Å². The molecule has 2 N–H and O–H groups in total. The van der Waals surface area contributed by atoms with E-state index in [0.29, 0.717) is 35.9 Å². The molecule has 0 aliphatic heterocycles. The summed E-state index contributed by atoms with van der Waals surface area (Å²) < 4.78 is 0. The Hall–Kier alpha value is -1.16. The first-order valence-electron chi connectivity index (χ1n) is 13.1. The van der Waals surface area contributed by atoms with Gasteiger partial charge in [0.1, 0.15) is 5.78 Å². The van der Waals surface area contributed by atoms with Gasteiger partial charge in [-0.05, 0) is 105 Å². The molecular weight excluding hydrogens is 400 g/mol. The fourth-order valence-corrected chi connectivity index (χ4v) is 8.99. The molecule has 32 heavy (non-hydrogen) atoms. The van der Waals surface area contributed by atoms with E-state index < -0.39 is 11.6 Å². The highest BCUT2D eigenvalue weighted by molar-refractivity contribution is 5.75. The third kappa shape index (κ3) is 4.10. The first-order chi connectivity index (χ1) is 15.0. The van der Waals surface area contributed by atoms with Crippen molar-refractivity contribution in [3.05, 3.63) is 11.6 Å². The summed E-state index contributed by atoms with van der Waals surface area (Å²) in [6, 6.07) is 0. The molecule has 1 unspecified atom stereocenters. The molecule has 4 rings (SSSR count). The van der Waals surface area contributed by atoms with Gasteiger partial charge in [0.2, 0.25) is 0 Å². The van der Waals surface area contributed by atoms with E-state index in [1.54, 1.807) is 6.92 Å². The number of allylic oxidation sites excluding steroid dienone is 1. The molecule has 180 valence electrons. The number of Topliss-reactive ketones (excluding diaryl/α,β-unsaturated/α-hetero) is 1. The highest BCUT2D eigenvalue weighted by Gasteiger charge is 2.60. The van der Waals surface area contributed by atoms with Crippen molar-refractivity contribution in [3.8, 4) is 0 Å². The Labute approximate surface area is 194 Å². The fraction of sp³-hybridized carbons (Fsp3) is 0.857. The number of carboxylic acid groups (broad SMARTS) is 1. The lowest BCUT2D eigenvalue weighted by Crippen LogP contribution is -2.52. The van der Waals surface area contributed by atoms with Crippen LogP contribution in [0.15, 0.2) is 11.6 Å². The average molecular weight is 445 g/mol. The van der Waals surface area contributed by atoms with Crippen molar-refractivity contribution in [2.24, 2.45) is 40.4 Å². The van der Waals surface area contributed by atoms with Gasteiger partial charge in [-0.15, -0.1) is 0 Å². The fourth-order valence-electron chi connectivity index (χ4n) is 8.99. The van der Waals surface area contributed by atoms with Gasteiger partial charge in [0.25, 0.3) is 0 Å². The van der Waals surface area contributed by atoms with E-state index >= 15 is 0 Å². The van der Waals surface area contributed by atoms with Crippen molar-refractivity contribution in [2.75, 3.05) is 0 Å². The van der Waals surface area contributed by atoms with Crippen LogP contribution in [0.4, 0.5) is 0 Å². The van der Waals surface area contributed by atoms with E-state index in [1.807, 2.05) is 0 Å². The number of hydrogen-bond acceptors (Lipinski definition) is 3. The minimum atomic E-state index is -1.07. The van der Waals surface area contributed by atoms with Gasteiger partial charge in [0.05, 0.1) is 12.0 Å². The largest absolute Gasteiger partial charge is 0.481 e. The molecule has 4 heteroatoms. The number of aliphatic hydroxyl groups is 1. The molecule has 0 saturated heterocycles. The Balaban J connectivity index is 1.49. The molecule has 0 amide bonds. The van der Waals surface area contributed by atoms with Crippen LogP contribution in [0.3, 0.4) is 0 Å². The van der Waals surface area contributed by atoms with E-state index in [9.17, 15) is 19.8 Å². The summed E-state index contributed by atoms with van der Waals surface area (Å²) in [6.45, 7) is 9.11. The highest BCUT2D eigenvalue weighted by atomic mass is 16.4. The van der Waals surface area contributed by atoms with Gasteiger partial charge in [0.15, 0.2) is 0 Å². The Bertz CT molecular complexity index is 786. The van der Waals surface area contributed by atoms with Crippen LogP contribution in [-0.4, -0.2) is 27.6 Å². The number of rotatable bonds is 7. The van der Waals surface area contributed by atoms with Crippen LogP contribution in [0.2, 0.25) is 0 Å². The second kappa shape index (κ2) is 8.56. The Morgan fingerprint density at radius 2 is 1.88 bits per heavy atom. The van der Waals surface area contributed by atoms with Crippen molar-refractivity contribution in [2.45, 2.75) is 110 Å². The molecule has 0 bridgehead atoms. The molecule has 0 aromatic rings. The average Bonchev–Trinajstić information content (AvgIpc) is 3.05. The van der Waals surface area contributed by atoms with Crippen molar-refractivity contribution in [1.82, 2.24) is 0 Å². The molecule has 0 heterocycles. The molecule has 8 atom stereocenters. The monoisotopic (exact) mass is 444 g/mol. The number of ketones is 1. The maximum atomic E-state index is 11.4. The van der Waals surface area contributed by atoms with Crippen molar-refractivity contribution in [1.29, 1.82) is 0 Å². The van der Waals surface area contributed by atoms with Gasteiger partial charge >= 0.3 is 5.97 Å². The van der Waals surface area contributed by atoms with Crippen LogP contribution >= 0.6 is 0 Å². The highest BCUT2D eigenvalue weighted by Crippen LogP contribution is 2.67. The minimum Gasteiger partial charge on any atom is -0.481 e. The van der Waals surface area contributed by atoms with Gasteiger partial charge in [-0.25, -0.2) is 0 Å². The molecule has 3 saturated carbocycles. The van der Waals surface area contributed by atoms with Gasteiger partial charge in [-0.3, -0.25) is 4.79 Å². The molecule has 0 aromatic carbocycles. The topological polar surface area (TPSA) is 74.6 Å². The lowest BCUT2D eigenvalue weighted by Gasteiger charge is -2.59. The number of carbonyl (C=O) groups is 2. The van der Waals surface area contributed by atoms with E-state index in [0.717, 1.165) is 43.4 Å². The maximum absolute atomic E-state index is 11.4. The van der Waals surface area contributed by atoms with Crippen LogP contribution in [-0.2, 0) is 9.59 Å². The van der Waals surface area contributed by atoms with Crippen LogP contribution < -0.4 is 0 Å². The summed E-state index contributed by atoms with van der Waals surface area (Å²) in [5.74, 6) is 3.04. The normalized spacial score (nSPS) is 44.1. The summed E-state index contributed by atoms with van der Waals surface area (Å²) in [4.78, 5) is 22.7. The number of carbonyl (C=O) groups excluding carboxylic acids is 1. The first kappa shape index (κ1) is 24.0. The van der Waals surface area contributed by atoms with Crippen molar-refractivity contribution in [3.63, 3.8) is 0 Å². The first-order valence-corrected chi connectivity index (χ1v) is 13.1. The molecule has 0 aromatic heterocycles. The molecule has 0 radical (unpaired) electrons. The number of fused-ring (bicyclic) bond motifs is 5. The molecular formula is C28H44O4. The van der Waals surface area contributed by atoms with Crippen LogP contribution in [0.5, 0.6) is 0 Å². The summed E-state index contributed by atoms with van der Waals surface area (Å²) in [6.07, 6.45) is 13.6.